The van der Waals surface area contributed by atoms with E-state index in [9.17, 15) is 4.79 Å². The van der Waals surface area contributed by atoms with Gasteiger partial charge in [0.1, 0.15) is 5.69 Å². The molecule has 22 heavy (non-hydrogen) atoms. The van der Waals surface area contributed by atoms with E-state index >= 15 is 0 Å². The number of fused-ring (bicyclic) bond motifs is 1. The van der Waals surface area contributed by atoms with Crippen molar-refractivity contribution in [1.82, 2.24) is 25.6 Å². The lowest BCUT2D eigenvalue weighted by Crippen LogP contribution is -2.31. The van der Waals surface area contributed by atoms with Gasteiger partial charge in [0.25, 0.3) is 0 Å². The standard InChI is InChI=1S/C15H14N6O/c1-8-6-13(22)20-21-14(8)9-2-3-10-12(7-9)18-15(17-10)11-4-5-16-19-11/h2-5,7-8H,6H2,1H3,(H,16,19)(H,17,18)(H,20,22). The second-order valence-electron chi connectivity index (χ2n) is 5.41. The maximum absolute atomic E-state index is 11.4. The van der Waals surface area contributed by atoms with Crippen LogP contribution in [0.2, 0.25) is 0 Å². The highest BCUT2D eigenvalue weighted by molar-refractivity contribution is 6.07. The SMILES string of the molecule is CC1CC(=O)NN=C1c1ccc2nc(-c3cc[nH]n3)[nH]c2c1. The van der Waals surface area contributed by atoms with Crippen molar-refractivity contribution in [3.8, 4) is 11.5 Å². The molecule has 7 heteroatoms. The Morgan fingerprint density at radius 2 is 2.18 bits per heavy atom. The molecule has 3 N–H and O–H groups in total. The van der Waals surface area contributed by atoms with Gasteiger partial charge < -0.3 is 4.98 Å². The summed E-state index contributed by atoms with van der Waals surface area (Å²) < 4.78 is 0. The molecule has 7 nitrogen and oxygen atoms in total. The van der Waals surface area contributed by atoms with Crippen LogP contribution < -0.4 is 5.43 Å². The van der Waals surface area contributed by atoms with Crippen molar-refractivity contribution in [3.05, 3.63) is 36.0 Å². The summed E-state index contributed by atoms with van der Waals surface area (Å²) in [6.07, 6.45) is 2.22. The Bertz CT molecular complexity index is 877. The number of hydrogen-bond acceptors (Lipinski definition) is 4. The van der Waals surface area contributed by atoms with Crippen molar-refractivity contribution in [1.29, 1.82) is 0 Å². The summed E-state index contributed by atoms with van der Waals surface area (Å²) in [4.78, 5) is 19.1. The first kappa shape index (κ1) is 12.8. The van der Waals surface area contributed by atoms with Crippen LogP contribution in [0.5, 0.6) is 0 Å². The summed E-state index contributed by atoms with van der Waals surface area (Å²) in [5, 5.41) is 11.1. The van der Waals surface area contributed by atoms with Gasteiger partial charge in [-0.2, -0.15) is 10.2 Å². The van der Waals surface area contributed by atoms with Gasteiger partial charge in [0.15, 0.2) is 5.82 Å². The van der Waals surface area contributed by atoms with E-state index < -0.39 is 0 Å². The lowest BCUT2D eigenvalue weighted by atomic mass is 9.94. The molecule has 4 rings (SSSR count). The molecule has 2 aromatic heterocycles. The molecule has 1 aliphatic rings. The number of H-pyrrole nitrogens is 2. The minimum absolute atomic E-state index is 0.0420. The molecular weight excluding hydrogens is 280 g/mol. The summed E-state index contributed by atoms with van der Waals surface area (Å²) in [6, 6.07) is 7.79. The van der Waals surface area contributed by atoms with E-state index in [4.69, 9.17) is 0 Å². The molecule has 0 saturated heterocycles. The Hall–Kier alpha value is -2.96. The van der Waals surface area contributed by atoms with Crippen LogP contribution in [0.1, 0.15) is 18.9 Å². The van der Waals surface area contributed by atoms with Crippen LogP contribution in [0, 0.1) is 5.92 Å². The van der Waals surface area contributed by atoms with Crippen molar-refractivity contribution in [2.24, 2.45) is 11.0 Å². The molecular formula is C15H14N6O. The lowest BCUT2D eigenvalue weighted by molar-refractivity contribution is -0.121. The number of imidazole rings is 1. The largest absolute Gasteiger partial charge is 0.337 e. The number of hydrogen-bond donors (Lipinski definition) is 3. The van der Waals surface area contributed by atoms with Gasteiger partial charge >= 0.3 is 0 Å². The number of aromatic nitrogens is 4. The molecule has 0 spiro atoms. The average molecular weight is 294 g/mol. The van der Waals surface area contributed by atoms with Crippen LogP contribution in [-0.2, 0) is 4.79 Å². The number of aromatic amines is 2. The van der Waals surface area contributed by atoms with Gasteiger partial charge in [0.05, 0.1) is 16.7 Å². The van der Waals surface area contributed by atoms with E-state index in [1.54, 1.807) is 6.20 Å². The van der Waals surface area contributed by atoms with E-state index in [0.717, 1.165) is 33.8 Å². The highest BCUT2D eigenvalue weighted by Crippen LogP contribution is 2.22. The normalized spacial score (nSPS) is 18.3. The zero-order chi connectivity index (χ0) is 15.1. The Kier molecular flexibility index (Phi) is 2.78. The minimum Gasteiger partial charge on any atom is -0.337 e. The topological polar surface area (TPSA) is 98.8 Å². The predicted octanol–water partition coefficient (Wildman–Crippen LogP) is 1.81. The van der Waals surface area contributed by atoms with Gasteiger partial charge in [0.2, 0.25) is 5.91 Å². The summed E-state index contributed by atoms with van der Waals surface area (Å²) in [5.74, 6) is 0.778. The molecule has 1 unspecified atom stereocenters. The fraction of sp³-hybridized carbons (Fsp3) is 0.200. The zero-order valence-corrected chi connectivity index (χ0v) is 11.9. The van der Waals surface area contributed by atoms with E-state index in [0.29, 0.717) is 6.42 Å². The summed E-state index contributed by atoms with van der Waals surface area (Å²) >= 11 is 0. The van der Waals surface area contributed by atoms with E-state index in [2.05, 4.69) is 30.7 Å². The molecule has 0 radical (unpaired) electrons. The predicted molar refractivity (Wildman–Crippen MR) is 82.1 cm³/mol. The second-order valence-corrected chi connectivity index (χ2v) is 5.41. The third-order valence-corrected chi connectivity index (χ3v) is 3.78. The van der Waals surface area contributed by atoms with Crippen LogP contribution in [0.4, 0.5) is 0 Å². The number of amides is 1. The monoisotopic (exact) mass is 294 g/mol. The molecule has 1 aromatic carbocycles. The second kappa shape index (κ2) is 4.80. The minimum atomic E-state index is -0.0420. The van der Waals surface area contributed by atoms with Gasteiger partial charge in [-0.3, -0.25) is 9.89 Å². The van der Waals surface area contributed by atoms with Crippen molar-refractivity contribution in [3.63, 3.8) is 0 Å². The summed E-state index contributed by atoms with van der Waals surface area (Å²) in [7, 11) is 0. The molecule has 1 atom stereocenters. The molecule has 1 aliphatic heterocycles. The van der Waals surface area contributed by atoms with Crippen molar-refractivity contribution in [2.75, 3.05) is 0 Å². The van der Waals surface area contributed by atoms with E-state index in [1.165, 1.54) is 0 Å². The first-order valence-corrected chi connectivity index (χ1v) is 7.07. The van der Waals surface area contributed by atoms with Crippen LogP contribution in [0.3, 0.4) is 0 Å². The molecule has 1 amide bonds. The lowest BCUT2D eigenvalue weighted by Gasteiger charge is -2.18. The first-order chi connectivity index (χ1) is 10.7. The maximum atomic E-state index is 11.4. The van der Waals surface area contributed by atoms with Gasteiger partial charge in [0, 0.05) is 24.1 Å². The highest BCUT2D eigenvalue weighted by atomic mass is 16.2. The smallest absolute Gasteiger partial charge is 0.240 e. The van der Waals surface area contributed by atoms with E-state index in [1.807, 2.05) is 31.2 Å². The molecule has 3 heterocycles. The molecule has 3 aromatic rings. The summed E-state index contributed by atoms with van der Waals surface area (Å²) in [6.45, 7) is 2.00. The fourth-order valence-corrected chi connectivity index (χ4v) is 2.68. The molecule has 0 bridgehead atoms. The number of hydrazone groups is 1. The molecule has 110 valence electrons. The maximum Gasteiger partial charge on any atom is 0.240 e. The third kappa shape index (κ3) is 2.07. The van der Waals surface area contributed by atoms with E-state index in [-0.39, 0.29) is 11.8 Å². The average Bonchev–Trinajstić information content (AvgIpc) is 3.15. The molecule has 0 saturated carbocycles. The van der Waals surface area contributed by atoms with Crippen LogP contribution in [0.25, 0.3) is 22.6 Å². The van der Waals surface area contributed by atoms with Crippen LogP contribution >= 0.6 is 0 Å². The van der Waals surface area contributed by atoms with Crippen LogP contribution in [0.15, 0.2) is 35.6 Å². The molecule has 0 aliphatic carbocycles. The van der Waals surface area contributed by atoms with Crippen molar-refractivity contribution in [2.45, 2.75) is 13.3 Å². The Labute approximate surface area is 125 Å². The molecule has 0 fully saturated rings. The summed E-state index contributed by atoms with van der Waals surface area (Å²) in [5.41, 5.74) is 6.98. The first-order valence-electron chi connectivity index (χ1n) is 7.07. The van der Waals surface area contributed by atoms with Gasteiger partial charge in [-0.15, -0.1) is 0 Å². The Morgan fingerprint density at radius 1 is 1.27 bits per heavy atom. The quantitative estimate of drug-likeness (QED) is 0.672. The van der Waals surface area contributed by atoms with Gasteiger partial charge in [-0.1, -0.05) is 13.0 Å². The number of carbonyl (C=O) groups excluding carboxylic acids is 1. The number of benzene rings is 1. The Balaban J connectivity index is 1.76. The van der Waals surface area contributed by atoms with Crippen molar-refractivity contribution < 1.29 is 4.79 Å². The number of rotatable bonds is 2. The Morgan fingerprint density at radius 3 is 2.95 bits per heavy atom. The highest BCUT2D eigenvalue weighted by Gasteiger charge is 2.22. The van der Waals surface area contributed by atoms with Gasteiger partial charge in [-0.05, 0) is 18.2 Å². The third-order valence-electron chi connectivity index (χ3n) is 3.78. The van der Waals surface area contributed by atoms with Gasteiger partial charge in [-0.25, -0.2) is 10.4 Å². The number of carbonyl (C=O) groups is 1. The number of nitrogens with zero attached hydrogens (tertiary/aromatic N) is 3. The van der Waals surface area contributed by atoms with Crippen LogP contribution in [-0.4, -0.2) is 31.8 Å². The fourth-order valence-electron chi connectivity index (χ4n) is 2.68. The van der Waals surface area contributed by atoms with Crippen molar-refractivity contribution >= 4 is 22.7 Å². The zero-order valence-electron chi connectivity index (χ0n) is 11.9. The number of nitrogens with one attached hydrogen (secondary N) is 3.